The van der Waals surface area contributed by atoms with Crippen molar-refractivity contribution >= 4 is 29.4 Å². The predicted octanol–water partition coefficient (Wildman–Crippen LogP) is 3.57. The van der Waals surface area contributed by atoms with Crippen LogP contribution in [0.25, 0.3) is 0 Å². The van der Waals surface area contributed by atoms with Gasteiger partial charge in [0.25, 0.3) is 5.91 Å². The summed E-state index contributed by atoms with van der Waals surface area (Å²) in [5.74, 6) is 0.657. The number of rotatable bonds is 4. The van der Waals surface area contributed by atoms with Crippen molar-refractivity contribution in [2.24, 2.45) is 11.3 Å². The number of amides is 5. The van der Waals surface area contributed by atoms with Crippen molar-refractivity contribution in [3.8, 4) is 5.75 Å². The maximum absolute atomic E-state index is 13.6. The van der Waals surface area contributed by atoms with Gasteiger partial charge in [-0.3, -0.25) is 24.6 Å². The molecule has 3 heterocycles. The van der Waals surface area contributed by atoms with Gasteiger partial charge in [-0.1, -0.05) is 19.3 Å². The Balaban J connectivity index is 1.26. The first-order valence-electron chi connectivity index (χ1n) is 13.8. The van der Waals surface area contributed by atoms with Crippen LogP contribution in [0.5, 0.6) is 5.75 Å². The summed E-state index contributed by atoms with van der Waals surface area (Å²) >= 11 is 0. The first kappa shape index (κ1) is 25.5. The number of carbonyl (C=O) groups is 4. The fraction of sp³-hybridized carbons (Fsp3) is 0.643. The van der Waals surface area contributed by atoms with Crippen LogP contribution < -0.4 is 15.0 Å². The summed E-state index contributed by atoms with van der Waals surface area (Å²) in [5, 5.41) is 2.33. The highest BCUT2D eigenvalue weighted by Crippen LogP contribution is 2.41. The van der Waals surface area contributed by atoms with E-state index in [1.807, 2.05) is 4.90 Å². The van der Waals surface area contributed by atoms with E-state index in [-0.39, 0.29) is 36.1 Å². The lowest BCUT2D eigenvalue weighted by Crippen LogP contribution is -2.52. The quantitative estimate of drug-likeness (QED) is 0.668. The first-order chi connectivity index (χ1) is 17.9. The van der Waals surface area contributed by atoms with E-state index in [1.54, 1.807) is 18.2 Å². The molecule has 0 unspecified atom stereocenters. The Labute approximate surface area is 218 Å². The number of nitrogens with zero attached hydrogens (tertiary/aromatic N) is 3. The molecule has 1 aromatic carbocycles. The molecule has 1 saturated carbocycles. The number of ether oxygens (including phenoxy) is 1. The average Bonchev–Trinajstić information content (AvgIpc) is 2.93. The van der Waals surface area contributed by atoms with Crippen molar-refractivity contribution in [3.63, 3.8) is 0 Å². The molecule has 1 aliphatic carbocycles. The number of urea groups is 1. The van der Waals surface area contributed by atoms with E-state index in [4.69, 9.17) is 4.74 Å². The fourth-order valence-corrected chi connectivity index (χ4v) is 6.61. The lowest BCUT2D eigenvalue weighted by molar-refractivity contribution is -0.139. The summed E-state index contributed by atoms with van der Waals surface area (Å²) < 4.78 is 5.45. The van der Waals surface area contributed by atoms with Crippen LogP contribution in [0.1, 0.15) is 74.6 Å². The van der Waals surface area contributed by atoms with E-state index in [0.29, 0.717) is 36.0 Å². The lowest BCUT2D eigenvalue weighted by atomic mass is 9.72. The van der Waals surface area contributed by atoms with Crippen molar-refractivity contribution in [1.29, 1.82) is 0 Å². The summed E-state index contributed by atoms with van der Waals surface area (Å²) in [7, 11) is 1.52. The third-order valence-corrected chi connectivity index (χ3v) is 8.81. The number of likely N-dealkylation sites (tertiary alicyclic amines) is 2. The summed E-state index contributed by atoms with van der Waals surface area (Å²) in [6.45, 7) is 3.20. The lowest BCUT2D eigenvalue weighted by Gasteiger charge is -2.48. The van der Waals surface area contributed by atoms with Crippen molar-refractivity contribution < 1.29 is 23.9 Å². The Morgan fingerprint density at radius 1 is 0.946 bits per heavy atom. The molecule has 9 nitrogen and oxygen atoms in total. The molecule has 0 radical (unpaired) electrons. The Kier molecular flexibility index (Phi) is 7.40. The normalized spacial score (nSPS) is 22.7. The van der Waals surface area contributed by atoms with E-state index >= 15 is 0 Å². The topological polar surface area (TPSA) is 99.3 Å². The second-order valence-corrected chi connectivity index (χ2v) is 11.1. The van der Waals surface area contributed by atoms with Gasteiger partial charge >= 0.3 is 6.03 Å². The first-order valence-corrected chi connectivity index (χ1v) is 13.8. The van der Waals surface area contributed by atoms with E-state index in [0.717, 1.165) is 51.6 Å². The second-order valence-electron chi connectivity index (χ2n) is 11.1. The van der Waals surface area contributed by atoms with Gasteiger partial charge in [0.2, 0.25) is 11.8 Å². The fourth-order valence-electron chi connectivity index (χ4n) is 6.61. The number of nitrogens with one attached hydrogen (secondary N) is 1. The maximum Gasteiger partial charge on any atom is 0.328 e. The summed E-state index contributed by atoms with van der Waals surface area (Å²) in [5.41, 5.74) is 1.04. The molecule has 0 bridgehead atoms. The Bertz CT molecular complexity index is 1060. The molecule has 4 aliphatic rings. The Morgan fingerprint density at radius 3 is 2.41 bits per heavy atom. The molecule has 1 spiro atoms. The molecular formula is C28H38N4O5. The van der Waals surface area contributed by atoms with E-state index < -0.39 is 6.03 Å². The standard InChI is InChI=1S/C28H38N4O5/c1-37-23-9-8-21(18-22(23)32-15-10-24(33)29-27(32)36)26(35)31-14-5-11-28(19-31)12-16-30(17-13-28)25(34)20-6-3-2-4-7-20/h8-9,18,20H,2-7,10-17,19H2,1H3,(H,29,33,36). The van der Waals surface area contributed by atoms with Crippen molar-refractivity contribution in [1.82, 2.24) is 15.1 Å². The van der Waals surface area contributed by atoms with Crippen molar-refractivity contribution in [3.05, 3.63) is 23.8 Å². The van der Waals surface area contributed by atoms with Crippen molar-refractivity contribution in [2.45, 2.75) is 64.2 Å². The largest absolute Gasteiger partial charge is 0.495 e. The molecule has 5 amide bonds. The predicted molar refractivity (Wildman–Crippen MR) is 138 cm³/mol. The van der Waals surface area contributed by atoms with Crippen LogP contribution >= 0.6 is 0 Å². The maximum atomic E-state index is 13.6. The van der Waals surface area contributed by atoms with Crippen LogP contribution in [0.2, 0.25) is 0 Å². The third kappa shape index (κ3) is 5.31. The highest BCUT2D eigenvalue weighted by molar-refractivity contribution is 6.07. The number of hydrogen-bond donors (Lipinski definition) is 1. The van der Waals surface area contributed by atoms with Crippen LogP contribution in [0, 0.1) is 11.3 Å². The molecule has 9 heteroatoms. The van der Waals surface area contributed by atoms with Crippen LogP contribution in [-0.4, -0.2) is 73.4 Å². The molecule has 37 heavy (non-hydrogen) atoms. The van der Waals surface area contributed by atoms with Gasteiger partial charge in [0.05, 0.1) is 12.8 Å². The minimum Gasteiger partial charge on any atom is -0.495 e. The van der Waals surface area contributed by atoms with E-state index in [1.165, 1.54) is 31.3 Å². The van der Waals surface area contributed by atoms with Gasteiger partial charge in [0.1, 0.15) is 5.75 Å². The van der Waals surface area contributed by atoms with Gasteiger partial charge < -0.3 is 14.5 Å². The molecule has 3 aliphatic heterocycles. The van der Waals surface area contributed by atoms with Gasteiger partial charge in [-0.2, -0.15) is 0 Å². The van der Waals surface area contributed by atoms with E-state index in [9.17, 15) is 19.2 Å². The summed E-state index contributed by atoms with van der Waals surface area (Å²) in [4.78, 5) is 56.2. The summed E-state index contributed by atoms with van der Waals surface area (Å²) in [6, 6.07) is 4.64. The van der Waals surface area contributed by atoms with Gasteiger partial charge in [0, 0.05) is 50.6 Å². The van der Waals surface area contributed by atoms with Crippen LogP contribution in [0.4, 0.5) is 10.5 Å². The molecular weight excluding hydrogens is 472 g/mol. The van der Waals surface area contributed by atoms with Gasteiger partial charge in [-0.25, -0.2) is 4.79 Å². The van der Waals surface area contributed by atoms with Crippen LogP contribution in [0.15, 0.2) is 18.2 Å². The number of methoxy groups -OCH3 is 1. The third-order valence-electron chi connectivity index (χ3n) is 8.81. The number of benzene rings is 1. The zero-order valence-electron chi connectivity index (χ0n) is 21.8. The number of imide groups is 1. The van der Waals surface area contributed by atoms with Crippen LogP contribution in [0.3, 0.4) is 0 Å². The highest BCUT2D eigenvalue weighted by Gasteiger charge is 2.41. The van der Waals surface area contributed by atoms with Gasteiger partial charge in [-0.15, -0.1) is 0 Å². The second kappa shape index (κ2) is 10.7. The Morgan fingerprint density at radius 2 is 1.70 bits per heavy atom. The smallest absolute Gasteiger partial charge is 0.328 e. The Hall–Kier alpha value is -3.10. The molecule has 0 aromatic heterocycles. The molecule has 1 aromatic rings. The van der Waals surface area contributed by atoms with Crippen molar-refractivity contribution in [2.75, 3.05) is 44.7 Å². The highest BCUT2D eigenvalue weighted by atomic mass is 16.5. The molecule has 200 valence electrons. The molecule has 3 saturated heterocycles. The number of piperidine rings is 2. The van der Waals surface area contributed by atoms with Gasteiger partial charge in [-0.05, 0) is 62.1 Å². The SMILES string of the molecule is COc1ccc(C(=O)N2CCCC3(CCN(C(=O)C4CCCCC4)CC3)C2)cc1N1CCC(=O)NC1=O. The number of anilines is 1. The average molecular weight is 511 g/mol. The molecule has 0 atom stereocenters. The minimum atomic E-state index is -0.509. The number of carbonyl (C=O) groups excluding carboxylic acids is 4. The number of hydrogen-bond acceptors (Lipinski definition) is 5. The minimum absolute atomic E-state index is 0.0552. The molecule has 1 N–H and O–H groups in total. The zero-order chi connectivity index (χ0) is 26.0. The monoisotopic (exact) mass is 510 g/mol. The molecule has 4 fully saturated rings. The van der Waals surface area contributed by atoms with Gasteiger partial charge in [0.15, 0.2) is 0 Å². The van der Waals surface area contributed by atoms with Crippen LogP contribution in [-0.2, 0) is 9.59 Å². The summed E-state index contributed by atoms with van der Waals surface area (Å²) in [6.07, 6.45) is 9.73. The zero-order valence-corrected chi connectivity index (χ0v) is 21.8. The van der Waals surface area contributed by atoms with E-state index in [2.05, 4.69) is 10.2 Å². The molecule has 5 rings (SSSR count).